The van der Waals surface area contributed by atoms with Gasteiger partial charge in [-0.1, -0.05) is 45.2 Å². The fourth-order valence-electron chi connectivity index (χ4n) is 1.92. The molecule has 0 radical (unpaired) electrons. The second-order valence-electron chi connectivity index (χ2n) is 4.42. The molecule has 1 atom stereocenters. The van der Waals surface area contributed by atoms with Gasteiger partial charge in [0.2, 0.25) is 0 Å². The summed E-state index contributed by atoms with van der Waals surface area (Å²) < 4.78 is 6.25. The molecule has 0 saturated heterocycles. The second kappa shape index (κ2) is 6.35. The van der Waals surface area contributed by atoms with Crippen molar-refractivity contribution in [3.05, 3.63) is 61.5 Å². The lowest BCUT2D eigenvalue weighted by Gasteiger charge is -2.17. The Kier molecular flexibility index (Phi) is 4.97. The minimum atomic E-state index is -0.836. The first-order valence-electron chi connectivity index (χ1n) is 5.91. The molecule has 0 aliphatic heterocycles. The SMILES string of the molecule is COc1cc(C)c(Br)cc1C(O)c1ccc(Cl)c(Cl)c1. The highest BCUT2D eigenvalue weighted by Crippen LogP contribution is 2.36. The van der Waals surface area contributed by atoms with Gasteiger partial charge in [-0.2, -0.15) is 0 Å². The van der Waals surface area contributed by atoms with Gasteiger partial charge in [0.1, 0.15) is 11.9 Å². The van der Waals surface area contributed by atoms with Crippen LogP contribution in [0.5, 0.6) is 5.75 Å². The number of rotatable bonds is 3. The van der Waals surface area contributed by atoms with E-state index in [0.717, 1.165) is 10.0 Å². The monoisotopic (exact) mass is 374 g/mol. The zero-order valence-electron chi connectivity index (χ0n) is 11.0. The predicted molar refractivity (Wildman–Crippen MR) is 86.0 cm³/mol. The van der Waals surface area contributed by atoms with Gasteiger partial charge in [0.25, 0.3) is 0 Å². The van der Waals surface area contributed by atoms with Gasteiger partial charge in [0.05, 0.1) is 17.2 Å². The molecule has 0 saturated carbocycles. The highest BCUT2D eigenvalue weighted by molar-refractivity contribution is 9.10. The van der Waals surface area contributed by atoms with Crippen LogP contribution >= 0.6 is 39.1 Å². The van der Waals surface area contributed by atoms with Crippen LogP contribution in [0.25, 0.3) is 0 Å². The van der Waals surface area contributed by atoms with Crippen molar-refractivity contribution in [1.29, 1.82) is 0 Å². The largest absolute Gasteiger partial charge is 0.496 e. The molecule has 1 N–H and O–H groups in total. The summed E-state index contributed by atoms with van der Waals surface area (Å²) >= 11 is 15.3. The molecule has 0 amide bonds. The number of methoxy groups -OCH3 is 1. The van der Waals surface area contributed by atoms with Gasteiger partial charge < -0.3 is 9.84 Å². The van der Waals surface area contributed by atoms with Crippen molar-refractivity contribution < 1.29 is 9.84 Å². The molecular formula is C15H13BrCl2O2. The van der Waals surface area contributed by atoms with Crippen LogP contribution < -0.4 is 4.74 Å². The number of hydrogen-bond acceptors (Lipinski definition) is 2. The highest BCUT2D eigenvalue weighted by atomic mass is 79.9. The Balaban J connectivity index is 2.49. The average molecular weight is 376 g/mol. The van der Waals surface area contributed by atoms with E-state index in [1.165, 1.54) is 0 Å². The van der Waals surface area contributed by atoms with Gasteiger partial charge in [0.15, 0.2) is 0 Å². The van der Waals surface area contributed by atoms with Gasteiger partial charge in [-0.15, -0.1) is 0 Å². The van der Waals surface area contributed by atoms with E-state index >= 15 is 0 Å². The number of benzene rings is 2. The maximum atomic E-state index is 10.5. The molecule has 0 fully saturated rings. The Morgan fingerprint density at radius 3 is 2.45 bits per heavy atom. The summed E-state index contributed by atoms with van der Waals surface area (Å²) in [5, 5.41) is 11.4. The van der Waals surface area contributed by atoms with Gasteiger partial charge in [-0.25, -0.2) is 0 Å². The molecule has 2 aromatic rings. The predicted octanol–water partition coefficient (Wildman–Crippen LogP) is 5.15. The molecule has 2 aromatic carbocycles. The van der Waals surface area contributed by atoms with Crippen molar-refractivity contribution in [2.75, 3.05) is 7.11 Å². The molecule has 2 nitrogen and oxygen atoms in total. The van der Waals surface area contributed by atoms with E-state index in [1.807, 2.05) is 19.1 Å². The summed E-state index contributed by atoms with van der Waals surface area (Å²) in [5.41, 5.74) is 2.36. The first kappa shape index (κ1) is 15.6. The van der Waals surface area contributed by atoms with Crippen molar-refractivity contribution in [2.45, 2.75) is 13.0 Å². The van der Waals surface area contributed by atoms with Gasteiger partial charge in [-0.3, -0.25) is 0 Å². The van der Waals surface area contributed by atoms with Gasteiger partial charge in [-0.05, 0) is 42.3 Å². The Bertz CT molecular complexity index is 644. The van der Waals surface area contributed by atoms with E-state index in [9.17, 15) is 5.11 Å². The third kappa shape index (κ3) is 3.12. The van der Waals surface area contributed by atoms with E-state index in [1.54, 1.807) is 25.3 Å². The number of aryl methyl sites for hydroxylation is 1. The number of halogens is 3. The van der Waals surface area contributed by atoms with E-state index in [4.69, 9.17) is 27.9 Å². The molecule has 106 valence electrons. The summed E-state index contributed by atoms with van der Waals surface area (Å²) in [6.07, 6.45) is -0.836. The van der Waals surface area contributed by atoms with E-state index in [2.05, 4.69) is 15.9 Å². The first-order chi connectivity index (χ1) is 9.43. The van der Waals surface area contributed by atoms with Crippen molar-refractivity contribution in [1.82, 2.24) is 0 Å². The Labute approximate surface area is 136 Å². The van der Waals surface area contributed by atoms with Gasteiger partial charge >= 0.3 is 0 Å². The molecule has 0 aliphatic carbocycles. The lowest BCUT2D eigenvalue weighted by molar-refractivity contribution is 0.214. The number of ether oxygens (including phenoxy) is 1. The smallest absolute Gasteiger partial charge is 0.125 e. The molecule has 0 bridgehead atoms. The molecule has 0 heterocycles. The lowest BCUT2D eigenvalue weighted by atomic mass is 9.99. The molecular weight excluding hydrogens is 363 g/mol. The molecule has 0 aliphatic rings. The van der Waals surface area contributed by atoms with Crippen LogP contribution in [-0.4, -0.2) is 12.2 Å². The van der Waals surface area contributed by atoms with Crippen LogP contribution in [0.15, 0.2) is 34.8 Å². The fraction of sp³-hybridized carbons (Fsp3) is 0.200. The maximum absolute atomic E-state index is 10.5. The van der Waals surface area contributed by atoms with Gasteiger partial charge in [0, 0.05) is 10.0 Å². The summed E-state index contributed by atoms with van der Waals surface area (Å²) in [5.74, 6) is 0.629. The van der Waals surface area contributed by atoms with Crippen molar-refractivity contribution in [3.8, 4) is 5.75 Å². The molecule has 2 rings (SSSR count). The number of aliphatic hydroxyl groups is 1. The summed E-state index contributed by atoms with van der Waals surface area (Å²) in [6, 6.07) is 8.79. The third-order valence-corrected chi connectivity index (χ3v) is 4.66. The van der Waals surface area contributed by atoms with Crippen LogP contribution in [0.4, 0.5) is 0 Å². The Hall–Kier alpha value is -0.740. The van der Waals surface area contributed by atoms with E-state index in [0.29, 0.717) is 26.9 Å². The molecule has 0 aromatic heterocycles. The van der Waals surface area contributed by atoms with Crippen LogP contribution in [0, 0.1) is 6.92 Å². The first-order valence-corrected chi connectivity index (χ1v) is 7.46. The topological polar surface area (TPSA) is 29.5 Å². The molecule has 1 unspecified atom stereocenters. The summed E-state index contributed by atoms with van der Waals surface area (Å²) in [7, 11) is 1.58. The standard InChI is InChI=1S/C15H13BrCl2O2/c1-8-5-14(20-2)10(7-11(8)16)15(19)9-3-4-12(17)13(18)6-9/h3-7,15,19H,1-2H3. The highest BCUT2D eigenvalue weighted by Gasteiger charge is 2.18. The Morgan fingerprint density at radius 2 is 1.85 bits per heavy atom. The molecule has 5 heteroatoms. The number of aliphatic hydroxyl groups excluding tert-OH is 1. The molecule has 20 heavy (non-hydrogen) atoms. The summed E-state index contributed by atoms with van der Waals surface area (Å²) in [6.45, 7) is 1.96. The van der Waals surface area contributed by atoms with Crippen LogP contribution in [0.1, 0.15) is 22.8 Å². The van der Waals surface area contributed by atoms with E-state index in [-0.39, 0.29) is 0 Å². The lowest BCUT2D eigenvalue weighted by Crippen LogP contribution is -2.03. The zero-order valence-corrected chi connectivity index (χ0v) is 14.1. The molecule has 0 spiro atoms. The van der Waals surface area contributed by atoms with E-state index < -0.39 is 6.10 Å². The normalized spacial score (nSPS) is 12.3. The average Bonchev–Trinajstić information content (AvgIpc) is 2.43. The zero-order chi connectivity index (χ0) is 14.9. The van der Waals surface area contributed by atoms with Crippen molar-refractivity contribution in [3.63, 3.8) is 0 Å². The quantitative estimate of drug-likeness (QED) is 0.803. The number of hydrogen-bond donors (Lipinski definition) is 1. The van der Waals surface area contributed by atoms with Crippen LogP contribution in [0.3, 0.4) is 0 Å². The minimum absolute atomic E-state index is 0.411. The maximum Gasteiger partial charge on any atom is 0.125 e. The summed E-state index contributed by atoms with van der Waals surface area (Å²) in [4.78, 5) is 0. The second-order valence-corrected chi connectivity index (χ2v) is 6.09. The van der Waals surface area contributed by atoms with Crippen molar-refractivity contribution >= 4 is 39.1 Å². The van der Waals surface area contributed by atoms with Crippen molar-refractivity contribution in [2.24, 2.45) is 0 Å². The van der Waals surface area contributed by atoms with Crippen LogP contribution in [0.2, 0.25) is 10.0 Å². The minimum Gasteiger partial charge on any atom is -0.496 e. The Morgan fingerprint density at radius 1 is 1.15 bits per heavy atom. The van der Waals surface area contributed by atoms with Crippen LogP contribution in [-0.2, 0) is 0 Å². The third-order valence-electron chi connectivity index (χ3n) is 3.06. The fourth-order valence-corrected chi connectivity index (χ4v) is 2.59.